The first-order chi connectivity index (χ1) is 7.20. The topological polar surface area (TPSA) is 21.3 Å². The minimum atomic E-state index is -0.0626. The second-order valence-electron chi connectivity index (χ2n) is 3.83. The van der Waals surface area contributed by atoms with Gasteiger partial charge in [0.1, 0.15) is 0 Å². The fourth-order valence-corrected chi connectivity index (χ4v) is 2.20. The summed E-state index contributed by atoms with van der Waals surface area (Å²) in [6, 6.07) is 0.360. The monoisotopic (exact) mass is 211 g/mol. The van der Waals surface area contributed by atoms with Crippen LogP contribution in [0.4, 0.5) is 0 Å². The van der Waals surface area contributed by atoms with Crippen molar-refractivity contribution in [1.82, 2.24) is 5.32 Å². The van der Waals surface area contributed by atoms with Crippen LogP contribution in [0.25, 0.3) is 0 Å². The molecular formula is C13H25NO. The zero-order chi connectivity index (χ0) is 11.7. The van der Waals surface area contributed by atoms with Gasteiger partial charge in [0.05, 0.1) is 5.60 Å². The summed E-state index contributed by atoms with van der Waals surface area (Å²) in [6.07, 6.45) is 9.15. The van der Waals surface area contributed by atoms with Gasteiger partial charge in [0, 0.05) is 19.6 Å². The van der Waals surface area contributed by atoms with Crippen LogP contribution in [-0.2, 0) is 4.74 Å². The lowest BCUT2D eigenvalue weighted by Crippen LogP contribution is -2.51. The van der Waals surface area contributed by atoms with Gasteiger partial charge in [0.25, 0.3) is 0 Å². The molecule has 0 rings (SSSR count). The van der Waals surface area contributed by atoms with Crippen LogP contribution in [0.1, 0.15) is 46.5 Å². The Labute approximate surface area is 94.8 Å². The van der Waals surface area contributed by atoms with Crippen LogP contribution in [0.15, 0.2) is 0 Å². The Morgan fingerprint density at radius 2 is 1.93 bits per heavy atom. The summed E-state index contributed by atoms with van der Waals surface area (Å²) in [6.45, 7) is 7.43. The third-order valence-electron chi connectivity index (χ3n) is 3.27. The molecule has 88 valence electrons. The molecule has 0 aliphatic rings. The number of hydrogen-bond acceptors (Lipinski definition) is 2. The molecule has 0 radical (unpaired) electrons. The SMILES string of the molecule is C#CCCC(NCC)C(CC)(CC)OC. The van der Waals surface area contributed by atoms with Crippen molar-refractivity contribution in [1.29, 1.82) is 0 Å². The van der Waals surface area contributed by atoms with Gasteiger partial charge >= 0.3 is 0 Å². The van der Waals surface area contributed by atoms with Crippen molar-refractivity contribution in [3.05, 3.63) is 0 Å². The predicted molar refractivity (Wildman–Crippen MR) is 65.9 cm³/mol. The van der Waals surface area contributed by atoms with E-state index in [1.54, 1.807) is 7.11 Å². The Morgan fingerprint density at radius 3 is 2.27 bits per heavy atom. The molecule has 1 atom stereocenters. The maximum absolute atomic E-state index is 5.72. The van der Waals surface area contributed by atoms with Crippen LogP contribution >= 0.6 is 0 Å². The molecule has 0 amide bonds. The van der Waals surface area contributed by atoms with E-state index in [1.807, 2.05) is 0 Å². The van der Waals surface area contributed by atoms with Crippen molar-refractivity contribution >= 4 is 0 Å². The molecule has 2 heteroatoms. The van der Waals surface area contributed by atoms with E-state index in [9.17, 15) is 0 Å². The summed E-state index contributed by atoms with van der Waals surface area (Å²) in [5, 5.41) is 3.49. The Balaban J connectivity index is 4.59. The second-order valence-corrected chi connectivity index (χ2v) is 3.83. The zero-order valence-electron chi connectivity index (χ0n) is 10.6. The molecule has 0 bridgehead atoms. The third-order valence-corrected chi connectivity index (χ3v) is 3.27. The molecule has 1 N–H and O–H groups in total. The number of methoxy groups -OCH3 is 1. The van der Waals surface area contributed by atoms with Gasteiger partial charge in [0.2, 0.25) is 0 Å². The van der Waals surface area contributed by atoms with Crippen molar-refractivity contribution in [2.75, 3.05) is 13.7 Å². The maximum atomic E-state index is 5.72. The molecule has 0 saturated carbocycles. The van der Waals surface area contributed by atoms with Crippen molar-refractivity contribution in [3.8, 4) is 12.3 Å². The van der Waals surface area contributed by atoms with Gasteiger partial charge in [-0.15, -0.1) is 12.3 Å². The summed E-state index contributed by atoms with van der Waals surface area (Å²) in [7, 11) is 1.80. The fourth-order valence-electron chi connectivity index (χ4n) is 2.20. The predicted octanol–water partition coefficient (Wildman–Crippen LogP) is 2.58. The smallest absolute Gasteiger partial charge is 0.0826 e. The highest BCUT2D eigenvalue weighted by atomic mass is 16.5. The van der Waals surface area contributed by atoms with Gasteiger partial charge in [-0.1, -0.05) is 20.8 Å². The summed E-state index contributed by atoms with van der Waals surface area (Å²) in [4.78, 5) is 0. The first-order valence-corrected chi connectivity index (χ1v) is 5.92. The standard InChI is InChI=1S/C13H25NO/c1-6-10-11-12(14-9-4)13(7-2,8-3)15-5/h1,12,14H,7-11H2,2-5H3. The molecule has 0 saturated heterocycles. The van der Waals surface area contributed by atoms with Crippen LogP contribution in [0.3, 0.4) is 0 Å². The van der Waals surface area contributed by atoms with Crippen molar-refractivity contribution < 1.29 is 4.74 Å². The molecule has 0 aromatic heterocycles. The lowest BCUT2D eigenvalue weighted by Gasteiger charge is -2.38. The fraction of sp³-hybridized carbons (Fsp3) is 0.846. The Morgan fingerprint density at radius 1 is 1.33 bits per heavy atom. The number of nitrogens with one attached hydrogen (secondary N) is 1. The number of hydrogen-bond donors (Lipinski definition) is 1. The first kappa shape index (κ1) is 14.5. The lowest BCUT2D eigenvalue weighted by atomic mass is 9.85. The Hall–Kier alpha value is -0.520. The molecule has 0 heterocycles. The number of rotatable bonds is 8. The first-order valence-electron chi connectivity index (χ1n) is 5.92. The molecule has 0 aliphatic carbocycles. The average molecular weight is 211 g/mol. The van der Waals surface area contributed by atoms with E-state index in [2.05, 4.69) is 32.0 Å². The molecule has 0 fully saturated rings. The van der Waals surface area contributed by atoms with Gasteiger partial charge < -0.3 is 10.1 Å². The quantitative estimate of drug-likeness (QED) is 0.623. The average Bonchev–Trinajstić information content (AvgIpc) is 2.28. The number of likely N-dealkylation sites (N-methyl/N-ethyl adjacent to an activating group) is 1. The van der Waals surface area contributed by atoms with Crippen molar-refractivity contribution in [3.63, 3.8) is 0 Å². The van der Waals surface area contributed by atoms with Crippen LogP contribution < -0.4 is 5.32 Å². The Kier molecular flexibility index (Phi) is 7.46. The van der Waals surface area contributed by atoms with Crippen molar-refractivity contribution in [2.24, 2.45) is 0 Å². The van der Waals surface area contributed by atoms with Crippen LogP contribution in [-0.4, -0.2) is 25.3 Å². The van der Waals surface area contributed by atoms with E-state index >= 15 is 0 Å². The minimum absolute atomic E-state index is 0.0626. The van der Waals surface area contributed by atoms with Gasteiger partial charge in [-0.2, -0.15) is 0 Å². The normalized spacial score (nSPS) is 13.5. The molecule has 0 aromatic rings. The highest BCUT2D eigenvalue weighted by Crippen LogP contribution is 2.26. The summed E-state index contributed by atoms with van der Waals surface area (Å²) in [5.74, 6) is 2.71. The molecule has 0 aromatic carbocycles. The van der Waals surface area contributed by atoms with Crippen LogP contribution in [0.2, 0.25) is 0 Å². The van der Waals surface area contributed by atoms with Gasteiger partial charge in [-0.05, 0) is 25.8 Å². The molecule has 0 aliphatic heterocycles. The molecule has 1 unspecified atom stereocenters. The van der Waals surface area contributed by atoms with Crippen molar-refractivity contribution in [2.45, 2.75) is 58.1 Å². The largest absolute Gasteiger partial charge is 0.377 e. The maximum Gasteiger partial charge on any atom is 0.0826 e. The second kappa shape index (κ2) is 7.73. The zero-order valence-corrected chi connectivity index (χ0v) is 10.6. The number of ether oxygens (including phenoxy) is 1. The van der Waals surface area contributed by atoms with Gasteiger partial charge in [-0.3, -0.25) is 0 Å². The van der Waals surface area contributed by atoms with Gasteiger partial charge in [-0.25, -0.2) is 0 Å². The number of terminal acetylenes is 1. The Bertz CT molecular complexity index is 183. The molecule has 2 nitrogen and oxygen atoms in total. The van der Waals surface area contributed by atoms with E-state index in [-0.39, 0.29) is 5.60 Å². The van der Waals surface area contributed by atoms with Crippen LogP contribution in [0.5, 0.6) is 0 Å². The van der Waals surface area contributed by atoms with E-state index in [0.717, 1.165) is 32.2 Å². The van der Waals surface area contributed by atoms with Crippen LogP contribution in [0, 0.1) is 12.3 Å². The molecular weight excluding hydrogens is 186 g/mol. The molecule has 15 heavy (non-hydrogen) atoms. The molecule has 0 spiro atoms. The highest BCUT2D eigenvalue weighted by molar-refractivity contribution is 4.95. The van der Waals surface area contributed by atoms with E-state index in [4.69, 9.17) is 11.2 Å². The summed E-state index contributed by atoms with van der Waals surface area (Å²) >= 11 is 0. The minimum Gasteiger partial charge on any atom is -0.377 e. The van der Waals surface area contributed by atoms with E-state index in [1.165, 1.54) is 0 Å². The lowest BCUT2D eigenvalue weighted by molar-refractivity contribution is -0.0486. The summed E-state index contributed by atoms with van der Waals surface area (Å²) < 4.78 is 5.72. The van der Waals surface area contributed by atoms with E-state index < -0.39 is 0 Å². The van der Waals surface area contributed by atoms with Gasteiger partial charge in [0.15, 0.2) is 0 Å². The highest BCUT2D eigenvalue weighted by Gasteiger charge is 2.34. The summed E-state index contributed by atoms with van der Waals surface area (Å²) in [5.41, 5.74) is -0.0626. The third kappa shape index (κ3) is 3.85. The van der Waals surface area contributed by atoms with E-state index in [0.29, 0.717) is 6.04 Å².